The van der Waals surface area contributed by atoms with Crippen LogP contribution in [0, 0.1) is 6.92 Å². The van der Waals surface area contributed by atoms with Gasteiger partial charge in [-0.1, -0.05) is 48.0 Å². The Morgan fingerprint density at radius 3 is 2.33 bits per heavy atom. The summed E-state index contributed by atoms with van der Waals surface area (Å²) in [4.78, 5) is 32.5. The van der Waals surface area contributed by atoms with Gasteiger partial charge >= 0.3 is 0 Å². The Bertz CT molecular complexity index is 998. The van der Waals surface area contributed by atoms with Crippen LogP contribution in [-0.2, 0) is 9.59 Å². The Kier molecular flexibility index (Phi) is 5.90. The van der Waals surface area contributed by atoms with Gasteiger partial charge in [0.15, 0.2) is 0 Å². The molecule has 0 atom stereocenters. The van der Waals surface area contributed by atoms with Gasteiger partial charge in [-0.25, -0.2) is 4.90 Å². The third-order valence-electron chi connectivity index (χ3n) is 5.64. The van der Waals surface area contributed by atoms with Crippen LogP contribution in [-0.4, -0.2) is 66.1 Å². The predicted octanol–water partition coefficient (Wildman–Crippen LogP) is 2.54. The molecule has 2 amide bonds. The lowest BCUT2D eigenvalue weighted by molar-refractivity contribution is -0.120. The summed E-state index contributed by atoms with van der Waals surface area (Å²) in [7, 11) is 0. The lowest BCUT2D eigenvalue weighted by Crippen LogP contribution is -2.48. The topological polar surface area (TPSA) is 64.1 Å². The Morgan fingerprint density at radius 1 is 0.967 bits per heavy atom. The van der Waals surface area contributed by atoms with Crippen molar-refractivity contribution in [2.45, 2.75) is 6.92 Å². The highest BCUT2D eigenvalue weighted by molar-refractivity contribution is 6.45. The van der Waals surface area contributed by atoms with E-state index in [1.807, 2.05) is 48.2 Å². The number of hydrogen-bond acceptors (Lipinski definition) is 5. The minimum Gasteiger partial charge on any atom is -0.395 e. The molecule has 0 aromatic heterocycles. The molecule has 2 aromatic carbocycles. The molecule has 2 aliphatic rings. The summed E-state index contributed by atoms with van der Waals surface area (Å²) in [6, 6.07) is 14.6. The first-order chi connectivity index (χ1) is 14.5. The van der Waals surface area contributed by atoms with Gasteiger partial charge in [-0.15, -0.1) is 0 Å². The van der Waals surface area contributed by atoms with Crippen molar-refractivity contribution in [3.05, 3.63) is 70.4 Å². The monoisotopic (exact) mass is 425 g/mol. The number of imide groups is 1. The largest absolute Gasteiger partial charge is 0.395 e. The average Bonchev–Trinajstić information content (AvgIpc) is 3.01. The molecular formula is C23H24ClN3O3. The average molecular weight is 426 g/mol. The molecule has 2 aromatic rings. The normalized spacial score (nSPS) is 18.0. The van der Waals surface area contributed by atoms with E-state index in [0.29, 0.717) is 41.6 Å². The SMILES string of the molecule is Cc1ccc(Cl)cc1N1C(=O)C(c2ccccc2)=C(N2CCN(CCO)CC2)C1=O. The van der Waals surface area contributed by atoms with Crippen molar-refractivity contribution in [3.8, 4) is 0 Å². The molecule has 2 heterocycles. The number of hydrogen-bond donors (Lipinski definition) is 1. The number of anilines is 1. The summed E-state index contributed by atoms with van der Waals surface area (Å²) >= 11 is 6.18. The second-order valence-corrected chi connectivity index (χ2v) is 7.95. The third-order valence-corrected chi connectivity index (χ3v) is 5.87. The van der Waals surface area contributed by atoms with E-state index in [4.69, 9.17) is 11.6 Å². The predicted molar refractivity (Wildman–Crippen MR) is 117 cm³/mol. The standard InChI is InChI=1S/C23H24ClN3O3/c1-16-7-8-18(24)15-19(16)27-22(29)20(17-5-3-2-4-6-17)21(23(27)30)26-11-9-25(10-12-26)13-14-28/h2-8,15,28H,9-14H2,1H3. The van der Waals surface area contributed by atoms with Crippen molar-refractivity contribution in [1.82, 2.24) is 9.80 Å². The van der Waals surface area contributed by atoms with Gasteiger partial charge in [-0.2, -0.15) is 0 Å². The van der Waals surface area contributed by atoms with Crippen LogP contribution < -0.4 is 4.90 Å². The number of carbonyl (C=O) groups excluding carboxylic acids is 2. The van der Waals surface area contributed by atoms with Gasteiger partial charge in [-0.3, -0.25) is 14.5 Å². The molecule has 2 aliphatic heterocycles. The Morgan fingerprint density at radius 2 is 1.67 bits per heavy atom. The van der Waals surface area contributed by atoms with Crippen molar-refractivity contribution in [2.75, 3.05) is 44.2 Å². The maximum absolute atomic E-state index is 13.6. The lowest BCUT2D eigenvalue weighted by atomic mass is 10.0. The minimum atomic E-state index is -0.329. The zero-order valence-corrected chi connectivity index (χ0v) is 17.6. The first kappa shape index (κ1) is 20.6. The molecule has 7 heteroatoms. The number of nitrogens with zero attached hydrogens (tertiary/aromatic N) is 3. The molecule has 6 nitrogen and oxygen atoms in total. The molecule has 30 heavy (non-hydrogen) atoms. The number of aliphatic hydroxyl groups excluding tert-OH is 1. The Labute approximate surface area is 181 Å². The van der Waals surface area contributed by atoms with Crippen LogP contribution in [0.4, 0.5) is 5.69 Å². The highest BCUT2D eigenvalue weighted by Crippen LogP contribution is 2.37. The zero-order valence-electron chi connectivity index (χ0n) is 16.8. The number of amides is 2. The van der Waals surface area contributed by atoms with E-state index in [1.165, 1.54) is 4.90 Å². The summed E-state index contributed by atoms with van der Waals surface area (Å²) in [5.41, 5.74) is 2.91. The van der Waals surface area contributed by atoms with Crippen LogP contribution in [0.25, 0.3) is 5.57 Å². The molecule has 1 fully saturated rings. The molecule has 156 valence electrons. The summed E-state index contributed by atoms with van der Waals surface area (Å²) < 4.78 is 0. The van der Waals surface area contributed by atoms with Crippen molar-refractivity contribution in [3.63, 3.8) is 0 Å². The van der Waals surface area contributed by atoms with Crippen molar-refractivity contribution < 1.29 is 14.7 Å². The number of piperazine rings is 1. The number of rotatable bonds is 5. The van der Waals surface area contributed by atoms with Gasteiger partial charge in [-0.05, 0) is 30.2 Å². The quantitative estimate of drug-likeness (QED) is 0.746. The Hall–Kier alpha value is -2.67. The van der Waals surface area contributed by atoms with Gasteiger partial charge in [0.1, 0.15) is 5.70 Å². The third kappa shape index (κ3) is 3.74. The van der Waals surface area contributed by atoms with Crippen LogP contribution in [0.5, 0.6) is 0 Å². The number of carbonyl (C=O) groups is 2. The fraction of sp³-hybridized carbons (Fsp3) is 0.304. The van der Waals surface area contributed by atoms with Crippen LogP contribution in [0.2, 0.25) is 5.02 Å². The summed E-state index contributed by atoms with van der Waals surface area (Å²) in [6.07, 6.45) is 0. The van der Waals surface area contributed by atoms with Crippen molar-refractivity contribution in [2.24, 2.45) is 0 Å². The van der Waals surface area contributed by atoms with Crippen LogP contribution in [0.1, 0.15) is 11.1 Å². The molecule has 0 saturated carbocycles. The van der Waals surface area contributed by atoms with Crippen LogP contribution in [0.15, 0.2) is 54.2 Å². The number of benzene rings is 2. The van der Waals surface area contributed by atoms with E-state index < -0.39 is 0 Å². The Balaban J connectivity index is 1.75. The maximum atomic E-state index is 13.6. The van der Waals surface area contributed by atoms with Gasteiger partial charge in [0.05, 0.1) is 17.9 Å². The molecule has 1 N–H and O–H groups in total. The summed E-state index contributed by atoms with van der Waals surface area (Å²) in [5, 5.41) is 9.67. The molecule has 0 aliphatic carbocycles. The molecular weight excluding hydrogens is 402 g/mol. The number of halogens is 1. The van der Waals surface area contributed by atoms with Gasteiger partial charge < -0.3 is 10.0 Å². The fourth-order valence-corrected chi connectivity index (χ4v) is 4.22. The number of aliphatic hydroxyl groups is 1. The summed E-state index contributed by atoms with van der Waals surface area (Å²) in [6.45, 7) is 5.27. The fourth-order valence-electron chi connectivity index (χ4n) is 4.06. The maximum Gasteiger partial charge on any atom is 0.282 e. The molecule has 4 rings (SSSR count). The zero-order chi connectivity index (χ0) is 21.3. The van der Waals surface area contributed by atoms with E-state index in [9.17, 15) is 14.7 Å². The first-order valence-corrected chi connectivity index (χ1v) is 10.4. The smallest absolute Gasteiger partial charge is 0.282 e. The molecule has 0 bridgehead atoms. The van der Waals surface area contributed by atoms with Crippen molar-refractivity contribution >= 4 is 34.7 Å². The first-order valence-electron chi connectivity index (χ1n) is 10.0. The number of β-amino-alcohol motifs (C(OH)–C–C–N with tert-alkyl or cyclic N) is 1. The van der Waals surface area contributed by atoms with E-state index in [-0.39, 0.29) is 18.4 Å². The summed E-state index contributed by atoms with van der Waals surface area (Å²) in [5.74, 6) is -0.649. The highest BCUT2D eigenvalue weighted by atomic mass is 35.5. The number of aryl methyl sites for hydroxylation is 1. The van der Waals surface area contributed by atoms with Gasteiger partial charge in [0.25, 0.3) is 11.8 Å². The van der Waals surface area contributed by atoms with E-state index in [2.05, 4.69) is 4.90 Å². The molecule has 1 saturated heterocycles. The molecule has 0 radical (unpaired) electrons. The van der Waals surface area contributed by atoms with Gasteiger partial charge in [0.2, 0.25) is 0 Å². The van der Waals surface area contributed by atoms with E-state index >= 15 is 0 Å². The molecule has 0 spiro atoms. The van der Waals surface area contributed by atoms with E-state index in [0.717, 1.165) is 24.2 Å². The second kappa shape index (κ2) is 8.60. The second-order valence-electron chi connectivity index (χ2n) is 7.52. The van der Waals surface area contributed by atoms with Gasteiger partial charge in [0, 0.05) is 37.7 Å². The minimum absolute atomic E-state index is 0.108. The van der Waals surface area contributed by atoms with Crippen LogP contribution >= 0.6 is 11.6 Å². The van der Waals surface area contributed by atoms with Crippen LogP contribution in [0.3, 0.4) is 0 Å². The van der Waals surface area contributed by atoms with Crippen molar-refractivity contribution in [1.29, 1.82) is 0 Å². The highest BCUT2D eigenvalue weighted by Gasteiger charge is 2.43. The molecule has 0 unspecified atom stereocenters. The van der Waals surface area contributed by atoms with E-state index in [1.54, 1.807) is 12.1 Å². The lowest BCUT2D eigenvalue weighted by Gasteiger charge is -2.36.